The minimum Gasteiger partial charge on any atom is -0.253 e. The van der Waals surface area contributed by atoms with Crippen LogP contribution in [0.1, 0.15) is 140 Å². The van der Waals surface area contributed by atoms with Gasteiger partial charge in [0.05, 0.1) is 12.4 Å². The minimum absolute atomic E-state index is 0.0478. The van der Waals surface area contributed by atoms with E-state index in [9.17, 15) is 0 Å². The molecule has 1 aromatic carbocycles. The van der Waals surface area contributed by atoms with E-state index in [0.29, 0.717) is 5.16 Å². The van der Waals surface area contributed by atoms with Crippen LogP contribution in [-0.2, 0) is 16.2 Å². The molecule has 1 aliphatic rings. The number of hydrogen-bond donors (Lipinski definition) is 0. The summed E-state index contributed by atoms with van der Waals surface area (Å²) in [5, 5.41) is 2.06. The van der Waals surface area contributed by atoms with Gasteiger partial charge in [0.2, 0.25) is 0 Å². The van der Waals surface area contributed by atoms with Gasteiger partial charge in [-0.25, -0.2) is 0 Å². The van der Waals surface area contributed by atoms with Gasteiger partial charge in [-0.15, -0.1) is 0 Å². The van der Waals surface area contributed by atoms with Crippen molar-refractivity contribution in [1.29, 1.82) is 0 Å². The molecule has 0 radical (unpaired) electrons. The smallest absolute Gasteiger partial charge is 0.0700 e. The summed E-state index contributed by atoms with van der Waals surface area (Å²) in [4.78, 5) is 0. The van der Waals surface area contributed by atoms with Crippen molar-refractivity contribution in [2.24, 2.45) is 10.2 Å². The Bertz CT molecular complexity index is 919. The minimum atomic E-state index is -1.62. The lowest BCUT2D eigenvalue weighted by molar-refractivity contribution is 0.521. The normalized spacial score (nSPS) is 20.5. The molecule has 1 atom stereocenters. The van der Waals surface area contributed by atoms with Crippen molar-refractivity contribution < 1.29 is 0 Å². The lowest BCUT2D eigenvalue weighted by Gasteiger charge is -2.38. The summed E-state index contributed by atoms with van der Waals surface area (Å²) >= 11 is 0. The molecule has 2 rings (SSSR count). The first-order valence-electron chi connectivity index (χ1n) is 13.1. The summed E-state index contributed by atoms with van der Waals surface area (Å²) < 4.78 is 6.05. The Morgan fingerprint density at radius 2 is 1.03 bits per heavy atom. The van der Waals surface area contributed by atoms with Crippen molar-refractivity contribution in [3.05, 3.63) is 28.8 Å². The fraction of sp³-hybridized carbons (Fsp3) is 0.767. The molecule has 0 bridgehead atoms. The molecule has 1 nitrogen and oxygen atoms in total. The average molecular weight is 490 g/mol. The molecule has 0 N–H and O–H groups in total. The van der Waals surface area contributed by atoms with Gasteiger partial charge in [-0.3, -0.25) is 4.74 Å². The van der Waals surface area contributed by atoms with Crippen LogP contribution in [0.15, 0.2) is 16.9 Å². The van der Waals surface area contributed by atoms with Gasteiger partial charge in [0.1, 0.15) is 0 Å². The van der Waals surface area contributed by atoms with Crippen LogP contribution in [-0.4, -0.2) is 10.2 Å². The first-order chi connectivity index (χ1) is 14.7. The quantitative estimate of drug-likeness (QED) is 0.365. The second-order valence-corrected chi connectivity index (χ2v) is 20.5. The molecule has 1 aliphatic heterocycles. The first kappa shape index (κ1) is 28.9. The van der Waals surface area contributed by atoms with Crippen molar-refractivity contribution >= 4 is 25.4 Å². The van der Waals surface area contributed by atoms with Crippen LogP contribution in [0.2, 0.25) is 0 Å². The third kappa shape index (κ3) is 5.41. The van der Waals surface area contributed by atoms with Crippen LogP contribution in [0.4, 0.5) is 5.69 Å². The summed E-state index contributed by atoms with van der Waals surface area (Å²) in [6.07, 6.45) is 3.67. The fourth-order valence-electron chi connectivity index (χ4n) is 5.11. The van der Waals surface area contributed by atoms with E-state index in [2.05, 4.69) is 116 Å². The third-order valence-electron chi connectivity index (χ3n) is 7.64. The van der Waals surface area contributed by atoms with Crippen molar-refractivity contribution in [2.45, 2.75) is 145 Å². The predicted molar refractivity (Wildman–Crippen MR) is 157 cm³/mol. The topological polar surface area (TPSA) is 12.4 Å². The van der Waals surface area contributed by atoms with E-state index in [4.69, 9.17) is 4.74 Å². The van der Waals surface area contributed by atoms with Crippen molar-refractivity contribution in [3.8, 4) is 0 Å². The van der Waals surface area contributed by atoms with E-state index in [-0.39, 0.29) is 21.7 Å². The fourth-order valence-corrected chi connectivity index (χ4v) is 15.8. The number of benzene rings is 1. The molecule has 188 valence electrons. The predicted octanol–water partition coefficient (Wildman–Crippen LogP) is 11.4. The highest BCUT2D eigenvalue weighted by Crippen LogP contribution is 2.90. The van der Waals surface area contributed by atoms with E-state index in [0.717, 1.165) is 0 Å². The monoisotopic (exact) mass is 489 g/mol. The third-order valence-corrected chi connectivity index (χ3v) is 16.6. The Balaban J connectivity index is 3.08. The highest BCUT2D eigenvalue weighted by molar-refractivity contribution is 8.52. The SMILES string of the molecule is CCC(CC)(CC)P1(=Nc2c(C(C)(C)C)cc(C(C)(C)C)cc2C(C)(C)C)P=C1C(C)(C)C. The van der Waals surface area contributed by atoms with Crippen molar-refractivity contribution in [2.75, 3.05) is 0 Å². The molecule has 0 aromatic heterocycles. The molecule has 0 aliphatic carbocycles. The molecule has 1 aromatic rings. The molecular weight excluding hydrogens is 436 g/mol. The number of hydrogen-bond acceptors (Lipinski definition) is 1. The lowest BCUT2D eigenvalue weighted by Crippen LogP contribution is -2.27. The summed E-state index contributed by atoms with van der Waals surface area (Å²) in [7, 11) is 1.56. The molecule has 1 heterocycles. The maximum atomic E-state index is 6.05. The summed E-state index contributed by atoms with van der Waals surface area (Å²) in [5.74, 6) is 0. The molecule has 0 amide bonds. The Labute approximate surface area is 208 Å². The average Bonchev–Trinajstić information content (AvgIpc) is 3.37. The molecule has 0 spiro atoms. The zero-order valence-corrected chi connectivity index (χ0v) is 26.4. The maximum absolute atomic E-state index is 6.05. The van der Waals surface area contributed by atoms with E-state index in [1.165, 1.54) is 41.6 Å². The highest BCUT2D eigenvalue weighted by atomic mass is 32.1. The first-order valence-corrected chi connectivity index (χ1v) is 16.5. The van der Waals surface area contributed by atoms with Gasteiger partial charge in [0.25, 0.3) is 0 Å². The van der Waals surface area contributed by atoms with Gasteiger partial charge in [0, 0.05) is 10.2 Å². The van der Waals surface area contributed by atoms with Gasteiger partial charge < -0.3 is 0 Å². The molecule has 0 saturated heterocycles. The highest BCUT2D eigenvalue weighted by Gasteiger charge is 2.55. The van der Waals surface area contributed by atoms with Gasteiger partial charge in [-0.2, -0.15) is 0 Å². The van der Waals surface area contributed by atoms with Crippen molar-refractivity contribution in [1.82, 2.24) is 0 Å². The van der Waals surface area contributed by atoms with Gasteiger partial charge >= 0.3 is 0 Å². The van der Waals surface area contributed by atoms with E-state index in [1.54, 1.807) is 12.9 Å². The van der Waals surface area contributed by atoms with E-state index < -0.39 is 6.74 Å². The van der Waals surface area contributed by atoms with Gasteiger partial charge in [0.15, 0.2) is 0 Å². The van der Waals surface area contributed by atoms with Crippen LogP contribution in [0.3, 0.4) is 0 Å². The molecule has 0 fully saturated rings. The van der Waals surface area contributed by atoms with Crippen LogP contribution >= 0.6 is 14.6 Å². The van der Waals surface area contributed by atoms with Crippen molar-refractivity contribution in [3.63, 3.8) is 0 Å². The summed E-state index contributed by atoms with van der Waals surface area (Å²) in [6.45, 7) is 34.1. The Morgan fingerprint density at radius 3 is 1.27 bits per heavy atom. The Hall–Kier alpha value is -0.380. The molecule has 0 saturated carbocycles. The van der Waals surface area contributed by atoms with Crippen LogP contribution in [0, 0.1) is 5.41 Å². The second-order valence-electron chi connectivity index (χ2n) is 14.3. The van der Waals surface area contributed by atoms with Crippen LogP contribution in [0.25, 0.3) is 0 Å². The standard InChI is InChI=1S/C30H53NP2/c1-16-30(17-2,18-3)33(25(32-33)29(13,14)15)31-24-22(27(7,8)9)19-21(26(4,5)6)20-23(24)28(10,11)12/h19-20H,16-18H2,1-15H3. The Morgan fingerprint density at radius 1 is 0.636 bits per heavy atom. The molecule has 33 heavy (non-hydrogen) atoms. The lowest BCUT2D eigenvalue weighted by atomic mass is 9.74. The van der Waals surface area contributed by atoms with Crippen LogP contribution < -0.4 is 0 Å². The zero-order valence-electron chi connectivity index (χ0n) is 24.6. The van der Waals surface area contributed by atoms with Gasteiger partial charge in [-0.05, 0) is 65.5 Å². The zero-order chi connectivity index (χ0) is 25.8. The largest absolute Gasteiger partial charge is 0.253 e. The number of nitrogens with zero attached hydrogens (tertiary/aromatic N) is 1. The Kier molecular flexibility index (Phi) is 7.81. The van der Waals surface area contributed by atoms with Crippen LogP contribution in [0.5, 0.6) is 0 Å². The molecule has 1 unspecified atom stereocenters. The summed E-state index contributed by atoms with van der Waals surface area (Å²) in [6, 6.07) is 4.99. The van der Waals surface area contributed by atoms with Gasteiger partial charge in [-0.1, -0.05) is 116 Å². The second kappa shape index (κ2) is 8.93. The van der Waals surface area contributed by atoms with E-state index >= 15 is 0 Å². The number of rotatable bonds is 5. The summed E-state index contributed by atoms with van der Waals surface area (Å²) in [5.41, 5.74) is 6.06. The maximum Gasteiger partial charge on any atom is 0.0700 e. The van der Waals surface area contributed by atoms with E-state index in [1.807, 2.05) is 0 Å². The molecule has 3 heteroatoms. The molecular formula is C30H53NP2.